The van der Waals surface area contributed by atoms with Crippen LogP contribution in [0.4, 0.5) is 8.78 Å². The van der Waals surface area contributed by atoms with E-state index in [9.17, 15) is 8.78 Å². The van der Waals surface area contributed by atoms with Gasteiger partial charge in [-0.1, -0.05) is 0 Å². The maximum atomic E-state index is 13.0. The molecule has 0 aromatic rings. The van der Waals surface area contributed by atoms with Crippen molar-refractivity contribution in [2.24, 2.45) is 0 Å². The van der Waals surface area contributed by atoms with Crippen molar-refractivity contribution < 1.29 is 8.78 Å². The molecule has 0 unspecified atom stereocenters. The van der Waals surface area contributed by atoms with E-state index in [0.29, 0.717) is 0 Å². The van der Waals surface area contributed by atoms with Gasteiger partial charge in [-0.05, 0) is 0 Å². The van der Waals surface area contributed by atoms with Gasteiger partial charge in [0, 0.05) is 0 Å². The van der Waals surface area contributed by atoms with Crippen LogP contribution in [0, 0.1) is 0 Å². The topological polar surface area (TPSA) is 0 Å². The number of rotatable bonds is 10. The molecule has 0 amide bonds. The summed E-state index contributed by atoms with van der Waals surface area (Å²) >= 11 is 3.09. The van der Waals surface area contributed by atoms with Crippen LogP contribution in [-0.2, 0) is 0 Å². The van der Waals surface area contributed by atoms with Crippen molar-refractivity contribution in [3.8, 4) is 0 Å². The Morgan fingerprint density at radius 3 is 1.39 bits per heavy atom. The minimum atomic E-state index is -2.98. The summed E-state index contributed by atoms with van der Waals surface area (Å²) in [6, 6.07) is 0. The molecule has 108 valence electrons. The Balaban J connectivity index is 5.04. The molecule has 0 aliphatic carbocycles. The predicted octanol–water partition coefficient (Wildman–Crippen LogP) is 6.72. The molecule has 0 atom stereocenters. The van der Waals surface area contributed by atoms with E-state index in [1.54, 1.807) is 0 Å². The summed E-state index contributed by atoms with van der Waals surface area (Å²) in [5.74, 6) is 0. The van der Waals surface area contributed by atoms with Crippen LogP contribution in [0.2, 0.25) is 13.3 Å². The monoisotopic (exact) mass is 388 g/mol. The number of hydrogen-bond donors (Lipinski definition) is 0. The van der Waals surface area contributed by atoms with Gasteiger partial charge in [0.2, 0.25) is 0 Å². The first-order valence-corrected chi connectivity index (χ1v) is 15.1. The summed E-state index contributed by atoms with van der Waals surface area (Å²) in [4.78, 5) is 0. The molecular weight excluding hydrogens is 360 g/mol. The maximum absolute atomic E-state index is 13.0. The van der Waals surface area contributed by atoms with Crippen LogP contribution < -0.4 is 0 Å². The van der Waals surface area contributed by atoms with Crippen molar-refractivity contribution in [2.45, 2.75) is 72.6 Å². The minimum absolute atomic E-state index is 0.0413. The van der Waals surface area contributed by atoms with E-state index in [0.717, 1.165) is 51.8 Å². The molecule has 4 heteroatoms. The molecule has 0 fully saturated rings. The standard InChI is InChI=1S/3C4H9.C2ClF2.Sn/c3*1-3-4-2;3-1-2(4)5;/h3*1,3-4H2,2H3;;. The van der Waals surface area contributed by atoms with Crippen LogP contribution in [0.1, 0.15) is 59.3 Å². The first kappa shape index (κ1) is 18.7. The Hall–Kier alpha value is 0.689. The summed E-state index contributed by atoms with van der Waals surface area (Å²) in [6.07, 6.45) is 4.84. The molecule has 0 aliphatic rings. The number of halogens is 3. The molecular formula is C14H27ClF2Sn. The van der Waals surface area contributed by atoms with Crippen molar-refractivity contribution in [2.75, 3.05) is 0 Å². The summed E-state index contributed by atoms with van der Waals surface area (Å²) < 4.78 is 29.1. The second-order valence-electron chi connectivity index (χ2n) is 5.17. The summed E-state index contributed by atoms with van der Waals surface area (Å²) in [7, 11) is 0. The molecule has 0 saturated heterocycles. The normalized spacial score (nSPS) is 11.7. The molecule has 0 spiro atoms. The van der Waals surface area contributed by atoms with Gasteiger partial charge in [0.1, 0.15) is 0 Å². The van der Waals surface area contributed by atoms with E-state index in [1.807, 2.05) is 0 Å². The van der Waals surface area contributed by atoms with Crippen molar-refractivity contribution in [1.82, 2.24) is 0 Å². The van der Waals surface area contributed by atoms with Crippen LogP contribution in [0.15, 0.2) is 9.13 Å². The molecule has 0 aromatic heterocycles. The van der Waals surface area contributed by atoms with E-state index < -0.39 is 24.5 Å². The fourth-order valence-electron chi connectivity index (χ4n) is 2.45. The van der Waals surface area contributed by atoms with Crippen LogP contribution in [0.5, 0.6) is 0 Å². The fraction of sp³-hybridized carbons (Fsp3) is 0.857. The molecule has 0 nitrogen and oxygen atoms in total. The van der Waals surface area contributed by atoms with Crippen molar-refractivity contribution in [3.05, 3.63) is 9.13 Å². The number of unbranched alkanes of at least 4 members (excludes halogenated alkanes) is 3. The van der Waals surface area contributed by atoms with Gasteiger partial charge < -0.3 is 0 Å². The van der Waals surface area contributed by atoms with Gasteiger partial charge >= 0.3 is 120 Å². The van der Waals surface area contributed by atoms with E-state index in [4.69, 9.17) is 11.6 Å². The van der Waals surface area contributed by atoms with Crippen LogP contribution in [-0.4, -0.2) is 18.4 Å². The zero-order valence-electron chi connectivity index (χ0n) is 12.0. The summed E-state index contributed by atoms with van der Waals surface area (Å²) in [6.45, 7) is 6.37. The molecule has 0 N–H and O–H groups in total. The first-order valence-electron chi connectivity index (χ1n) is 7.25. The van der Waals surface area contributed by atoms with Gasteiger partial charge in [-0.2, -0.15) is 0 Å². The van der Waals surface area contributed by atoms with Gasteiger partial charge in [0.25, 0.3) is 0 Å². The Kier molecular flexibility index (Phi) is 10.9. The van der Waals surface area contributed by atoms with Gasteiger partial charge in [-0.15, -0.1) is 0 Å². The third kappa shape index (κ3) is 6.22. The Bertz CT molecular complexity index is 228. The van der Waals surface area contributed by atoms with E-state index >= 15 is 0 Å². The second-order valence-corrected chi connectivity index (χ2v) is 19.5. The SMILES string of the molecule is CCC[CH2][Sn]([CH2]CCC)([CH2]CCC)[C](Cl)=C(F)F. The molecule has 0 rings (SSSR count). The van der Waals surface area contributed by atoms with Gasteiger partial charge in [-0.25, -0.2) is 0 Å². The quantitative estimate of drug-likeness (QED) is 0.365. The Morgan fingerprint density at radius 2 is 1.17 bits per heavy atom. The van der Waals surface area contributed by atoms with E-state index in [1.165, 1.54) is 0 Å². The first-order chi connectivity index (χ1) is 8.54. The fourth-order valence-corrected chi connectivity index (χ4v) is 18.3. The van der Waals surface area contributed by atoms with E-state index in [2.05, 4.69) is 20.8 Å². The molecule has 18 heavy (non-hydrogen) atoms. The average Bonchev–Trinajstić information content (AvgIpc) is 2.37. The Labute approximate surface area is 120 Å². The summed E-state index contributed by atoms with van der Waals surface area (Å²) in [5, 5.41) is 0. The van der Waals surface area contributed by atoms with Gasteiger partial charge in [-0.3, -0.25) is 0 Å². The predicted molar refractivity (Wildman–Crippen MR) is 80.0 cm³/mol. The molecule has 0 aliphatic heterocycles. The van der Waals surface area contributed by atoms with Crippen molar-refractivity contribution >= 4 is 30.0 Å². The van der Waals surface area contributed by atoms with Gasteiger partial charge in [0.05, 0.1) is 0 Å². The average molecular weight is 388 g/mol. The number of hydrogen-bond acceptors (Lipinski definition) is 0. The van der Waals surface area contributed by atoms with Crippen LogP contribution >= 0.6 is 11.6 Å². The van der Waals surface area contributed by atoms with Crippen molar-refractivity contribution in [3.63, 3.8) is 0 Å². The molecule has 0 bridgehead atoms. The summed E-state index contributed by atoms with van der Waals surface area (Å²) in [5.41, 5.74) is 0. The van der Waals surface area contributed by atoms with Gasteiger partial charge in [0.15, 0.2) is 0 Å². The van der Waals surface area contributed by atoms with Crippen LogP contribution in [0.3, 0.4) is 0 Å². The van der Waals surface area contributed by atoms with E-state index in [-0.39, 0.29) is 3.05 Å². The zero-order valence-corrected chi connectivity index (χ0v) is 15.6. The van der Waals surface area contributed by atoms with Crippen molar-refractivity contribution in [1.29, 1.82) is 0 Å². The second kappa shape index (κ2) is 10.5. The third-order valence-electron chi connectivity index (χ3n) is 3.66. The molecule has 0 heterocycles. The third-order valence-corrected chi connectivity index (χ3v) is 20.9. The zero-order chi connectivity index (χ0) is 14.0. The molecule has 0 radical (unpaired) electrons. The molecule has 0 saturated carbocycles. The van der Waals surface area contributed by atoms with Crippen LogP contribution in [0.25, 0.3) is 0 Å². The Morgan fingerprint density at radius 1 is 0.833 bits per heavy atom. The molecule has 0 aromatic carbocycles.